The molecule has 0 unspecified atom stereocenters. The number of benzene rings is 1. The summed E-state index contributed by atoms with van der Waals surface area (Å²) in [5, 5.41) is 11.7. The second kappa shape index (κ2) is 4.50. The maximum atomic E-state index is 11.8. The van der Waals surface area contributed by atoms with Gasteiger partial charge in [0.1, 0.15) is 5.41 Å². The Balaban J connectivity index is 2.01. The van der Waals surface area contributed by atoms with Gasteiger partial charge in [0.25, 0.3) is 0 Å². The van der Waals surface area contributed by atoms with Crippen LogP contribution < -0.4 is 5.32 Å². The predicted octanol–water partition coefficient (Wildman–Crippen LogP) is 2.68. The van der Waals surface area contributed by atoms with Crippen LogP contribution in [0.5, 0.6) is 0 Å². The van der Waals surface area contributed by atoms with Crippen LogP contribution in [0.2, 0.25) is 0 Å². The van der Waals surface area contributed by atoms with E-state index in [0.717, 1.165) is 15.6 Å². The number of carbonyl (C=O) groups is 1. The zero-order chi connectivity index (χ0) is 12.5. The van der Waals surface area contributed by atoms with Gasteiger partial charge in [0, 0.05) is 11.0 Å². The van der Waals surface area contributed by atoms with E-state index < -0.39 is 5.41 Å². The minimum atomic E-state index is -0.736. The second-order valence-electron chi connectivity index (χ2n) is 4.45. The maximum Gasteiger partial charge on any atom is 0.240 e. The van der Waals surface area contributed by atoms with E-state index in [1.807, 2.05) is 25.1 Å². The van der Waals surface area contributed by atoms with Gasteiger partial charge in [0.2, 0.25) is 5.91 Å². The van der Waals surface area contributed by atoms with Crippen LogP contribution in [0.25, 0.3) is 0 Å². The zero-order valence-electron chi connectivity index (χ0n) is 9.59. The number of hydrogen-bond acceptors (Lipinski definition) is 2. The van der Waals surface area contributed by atoms with Crippen LogP contribution >= 0.6 is 15.9 Å². The van der Waals surface area contributed by atoms with Crippen molar-refractivity contribution in [1.82, 2.24) is 5.32 Å². The van der Waals surface area contributed by atoms with Crippen molar-refractivity contribution in [1.29, 1.82) is 5.26 Å². The first-order valence-corrected chi connectivity index (χ1v) is 6.31. The van der Waals surface area contributed by atoms with E-state index >= 15 is 0 Å². The summed E-state index contributed by atoms with van der Waals surface area (Å²) in [6, 6.07) is 8.05. The van der Waals surface area contributed by atoms with Crippen LogP contribution in [-0.2, 0) is 11.3 Å². The molecule has 3 nitrogen and oxygen atoms in total. The molecule has 0 saturated heterocycles. The van der Waals surface area contributed by atoms with E-state index in [4.69, 9.17) is 5.26 Å². The van der Waals surface area contributed by atoms with E-state index in [2.05, 4.69) is 27.3 Å². The van der Waals surface area contributed by atoms with Crippen molar-refractivity contribution in [3.8, 4) is 6.07 Å². The van der Waals surface area contributed by atoms with Gasteiger partial charge in [-0.2, -0.15) is 5.26 Å². The number of nitriles is 1. The highest BCUT2D eigenvalue weighted by molar-refractivity contribution is 9.10. The van der Waals surface area contributed by atoms with Crippen LogP contribution in [0.3, 0.4) is 0 Å². The quantitative estimate of drug-likeness (QED) is 0.931. The van der Waals surface area contributed by atoms with Crippen LogP contribution in [0.4, 0.5) is 0 Å². The van der Waals surface area contributed by atoms with Crippen molar-refractivity contribution >= 4 is 21.8 Å². The molecule has 0 spiro atoms. The molecule has 0 bridgehead atoms. The molecule has 17 heavy (non-hydrogen) atoms. The van der Waals surface area contributed by atoms with Crippen LogP contribution in [-0.4, -0.2) is 5.91 Å². The van der Waals surface area contributed by atoms with E-state index in [-0.39, 0.29) is 5.91 Å². The summed E-state index contributed by atoms with van der Waals surface area (Å²) in [4.78, 5) is 11.8. The Kier molecular flexibility index (Phi) is 3.21. The molecule has 0 radical (unpaired) electrons. The molecule has 0 aliphatic heterocycles. The molecule has 0 atom stereocenters. The minimum Gasteiger partial charge on any atom is -0.351 e. The molecule has 0 aromatic heterocycles. The Hall–Kier alpha value is -1.34. The number of aryl methyl sites for hydroxylation is 1. The number of rotatable bonds is 3. The highest BCUT2D eigenvalue weighted by Gasteiger charge is 2.50. The second-order valence-corrected chi connectivity index (χ2v) is 5.36. The first-order valence-electron chi connectivity index (χ1n) is 5.52. The van der Waals surface area contributed by atoms with Gasteiger partial charge in [-0.25, -0.2) is 0 Å². The van der Waals surface area contributed by atoms with E-state index in [0.29, 0.717) is 19.4 Å². The monoisotopic (exact) mass is 292 g/mol. The number of nitrogens with one attached hydrogen (secondary N) is 1. The van der Waals surface area contributed by atoms with Crippen molar-refractivity contribution in [3.63, 3.8) is 0 Å². The maximum absolute atomic E-state index is 11.8. The van der Waals surface area contributed by atoms with Gasteiger partial charge >= 0.3 is 0 Å². The number of hydrogen-bond donors (Lipinski definition) is 1. The summed E-state index contributed by atoms with van der Waals surface area (Å²) in [5.41, 5.74) is 1.47. The van der Waals surface area contributed by atoms with Crippen LogP contribution in [0.15, 0.2) is 22.7 Å². The summed E-state index contributed by atoms with van der Waals surface area (Å²) in [7, 11) is 0. The summed E-state index contributed by atoms with van der Waals surface area (Å²) in [6.07, 6.45) is 1.37. The van der Waals surface area contributed by atoms with Gasteiger partial charge in [0.15, 0.2) is 0 Å². The molecule has 1 aliphatic rings. The fourth-order valence-electron chi connectivity index (χ4n) is 1.69. The number of amides is 1. The SMILES string of the molecule is Cc1ccc(Br)cc1CNC(=O)C1(C#N)CC1. The topological polar surface area (TPSA) is 52.9 Å². The Bertz CT molecular complexity index is 501. The van der Waals surface area contributed by atoms with Crippen molar-refractivity contribution in [2.45, 2.75) is 26.3 Å². The molecule has 4 heteroatoms. The normalized spacial score (nSPS) is 16.1. The number of nitrogens with zero attached hydrogens (tertiary/aromatic N) is 1. The average Bonchev–Trinajstić information content (AvgIpc) is 3.11. The molecule has 1 saturated carbocycles. The first-order chi connectivity index (χ1) is 8.07. The summed E-state index contributed by atoms with van der Waals surface area (Å²) in [6.45, 7) is 2.48. The smallest absolute Gasteiger partial charge is 0.240 e. The largest absolute Gasteiger partial charge is 0.351 e. The molecule has 1 aromatic rings. The van der Waals surface area contributed by atoms with Crippen LogP contribution in [0.1, 0.15) is 24.0 Å². The molecule has 1 amide bonds. The fraction of sp³-hybridized carbons (Fsp3) is 0.385. The van der Waals surface area contributed by atoms with Crippen molar-refractivity contribution in [3.05, 3.63) is 33.8 Å². The third-order valence-corrected chi connectivity index (χ3v) is 3.64. The standard InChI is InChI=1S/C13H13BrN2O/c1-9-2-3-11(14)6-10(9)7-16-12(17)13(8-15)4-5-13/h2-3,6H,4-5,7H2,1H3,(H,16,17). The van der Waals surface area contributed by atoms with Gasteiger partial charge in [-0.15, -0.1) is 0 Å². The Morgan fingerprint density at radius 3 is 2.88 bits per heavy atom. The Morgan fingerprint density at radius 1 is 1.59 bits per heavy atom. The van der Waals surface area contributed by atoms with Crippen molar-refractivity contribution < 1.29 is 4.79 Å². The lowest BCUT2D eigenvalue weighted by molar-refractivity contribution is -0.124. The number of halogens is 1. The molecular weight excluding hydrogens is 280 g/mol. The summed E-state index contributed by atoms with van der Waals surface area (Å²) in [5.74, 6) is -0.139. The van der Waals surface area contributed by atoms with Gasteiger partial charge in [0.05, 0.1) is 6.07 Å². The van der Waals surface area contributed by atoms with Crippen molar-refractivity contribution in [2.24, 2.45) is 5.41 Å². The minimum absolute atomic E-state index is 0.139. The third kappa shape index (κ3) is 2.50. The summed E-state index contributed by atoms with van der Waals surface area (Å²) >= 11 is 3.40. The molecule has 88 valence electrons. The van der Waals surface area contributed by atoms with Gasteiger partial charge in [-0.3, -0.25) is 4.79 Å². The lowest BCUT2D eigenvalue weighted by Gasteiger charge is -2.10. The van der Waals surface area contributed by atoms with Crippen molar-refractivity contribution in [2.75, 3.05) is 0 Å². The molecule has 2 rings (SSSR count). The zero-order valence-corrected chi connectivity index (χ0v) is 11.2. The molecule has 1 fully saturated rings. The molecular formula is C13H13BrN2O. The molecule has 1 aliphatic carbocycles. The van der Waals surface area contributed by atoms with Crippen LogP contribution in [0, 0.1) is 23.7 Å². The molecule has 1 aromatic carbocycles. The average molecular weight is 293 g/mol. The first kappa shape index (κ1) is 12.1. The van der Waals surface area contributed by atoms with Gasteiger partial charge in [-0.1, -0.05) is 22.0 Å². The molecule has 0 heterocycles. The number of carbonyl (C=O) groups excluding carboxylic acids is 1. The fourth-order valence-corrected chi connectivity index (χ4v) is 2.10. The third-order valence-electron chi connectivity index (χ3n) is 3.15. The Morgan fingerprint density at radius 2 is 2.29 bits per heavy atom. The highest BCUT2D eigenvalue weighted by Crippen LogP contribution is 2.45. The van der Waals surface area contributed by atoms with E-state index in [1.165, 1.54) is 0 Å². The molecule has 1 N–H and O–H groups in total. The summed E-state index contributed by atoms with van der Waals surface area (Å²) < 4.78 is 0.994. The van der Waals surface area contributed by atoms with Gasteiger partial charge in [-0.05, 0) is 43.0 Å². The lowest BCUT2D eigenvalue weighted by atomic mass is 10.1. The highest BCUT2D eigenvalue weighted by atomic mass is 79.9. The lowest BCUT2D eigenvalue weighted by Crippen LogP contribution is -2.30. The Labute approximate surface area is 109 Å². The predicted molar refractivity (Wildman–Crippen MR) is 68.0 cm³/mol. The van der Waals surface area contributed by atoms with Gasteiger partial charge < -0.3 is 5.32 Å². The van der Waals surface area contributed by atoms with E-state index in [9.17, 15) is 4.79 Å². The van der Waals surface area contributed by atoms with E-state index in [1.54, 1.807) is 0 Å².